The number of carbonyl (C=O) groups excluding carboxylic acids is 1. The molecule has 30 heavy (non-hydrogen) atoms. The molecule has 1 aromatic carbocycles. The smallest absolute Gasteiger partial charge is 0.307 e. The third-order valence-corrected chi connectivity index (χ3v) is 8.30. The SMILES string of the molecule is CCN(CC)CCC(=O)OC1CCCCC1S(=O)(=O)Cc1ccc(C(C)(C)C)cc1. The molecule has 0 saturated heterocycles. The summed E-state index contributed by atoms with van der Waals surface area (Å²) in [7, 11) is -3.41. The van der Waals surface area contributed by atoms with Crippen molar-refractivity contribution in [3.8, 4) is 0 Å². The van der Waals surface area contributed by atoms with E-state index in [-0.39, 0.29) is 17.1 Å². The lowest BCUT2D eigenvalue weighted by molar-refractivity contribution is -0.150. The first kappa shape index (κ1) is 24.9. The Morgan fingerprint density at radius 3 is 2.23 bits per heavy atom. The predicted molar refractivity (Wildman–Crippen MR) is 122 cm³/mol. The average molecular weight is 438 g/mol. The summed E-state index contributed by atoms with van der Waals surface area (Å²) in [4.78, 5) is 14.5. The Hall–Kier alpha value is -1.40. The van der Waals surface area contributed by atoms with Gasteiger partial charge >= 0.3 is 5.97 Å². The van der Waals surface area contributed by atoms with Crippen LogP contribution < -0.4 is 0 Å². The first-order valence-corrected chi connectivity index (χ1v) is 13.0. The Morgan fingerprint density at radius 2 is 1.67 bits per heavy atom. The second-order valence-corrected chi connectivity index (χ2v) is 11.6. The number of carbonyl (C=O) groups is 1. The maximum Gasteiger partial charge on any atom is 0.307 e. The molecule has 2 rings (SSSR count). The summed E-state index contributed by atoms with van der Waals surface area (Å²) in [5.74, 6) is -0.293. The summed E-state index contributed by atoms with van der Waals surface area (Å²) < 4.78 is 32.1. The van der Waals surface area contributed by atoms with E-state index in [1.54, 1.807) is 0 Å². The highest BCUT2D eigenvalue weighted by Crippen LogP contribution is 2.30. The van der Waals surface area contributed by atoms with Crippen molar-refractivity contribution in [2.45, 2.75) is 89.2 Å². The van der Waals surface area contributed by atoms with E-state index >= 15 is 0 Å². The highest BCUT2D eigenvalue weighted by atomic mass is 32.2. The molecule has 0 spiro atoms. The number of benzene rings is 1. The summed E-state index contributed by atoms with van der Waals surface area (Å²) in [6.45, 7) is 13.0. The van der Waals surface area contributed by atoms with Crippen LogP contribution in [0.25, 0.3) is 0 Å². The van der Waals surface area contributed by atoms with Gasteiger partial charge in [-0.2, -0.15) is 0 Å². The average Bonchev–Trinajstić information content (AvgIpc) is 2.68. The van der Waals surface area contributed by atoms with Crippen LogP contribution in [0.15, 0.2) is 24.3 Å². The predicted octanol–water partition coefficient (Wildman–Crippen LogP) is 4.49. The van der Waals surface area contributed by atoms with Gasteiger partial charge in [-0.3, -0.25) is 4.79 Å². The fraction of sp³-hybridized carbons (Fsp3) is 0.708. The van der Waals surface area contributed by atoms with Crippen molar-refractivity contribution in [1.29, 1.82) is 0 Å². The molecule has 170 valence electrons. The van der Waals surface area contributed by atoms with Crippen LogP contribution in [0.3, 0.4) is 0 Å². The van der Waals surface area contributed by atoms with Crippen LogP contribution in [-0.2, 0) is 30.5 Å². The molecule has 1 aliphatic carbocycles. The lowest BCUT2D eigenvalue weighted by Gasteiger charge is -2.31. The highest BCUT2D eigenvalue weighted by Gasteiger charge is 2.37. The van der Waals surface area contributed by atoms with Gasteiger partial charge in [0.2, 0.25) is 0 Å². The van der Waals surface area contributed by atoms with Gasteiger partial charge in [0.05, 0.1) is 17.4 Å². The van der Waals surface area contributed by atoms with Gasteiger partial charge in [0.25, 0.3) is 0 Å². The van der Waals surface area contributed by atoms with E-state index in [1.165, 1.54) is 5.56 Å². The molecule has 0 heterocycles. The van der Waals surface area contributed by atoms with Gasteiger partial charge in [-0.05, 0) is 48.9 Å². The Balaban J connectivity index is 2.03. The van der Waals surface area contributed by atoms with Crippen molar-refractivity contribution in [2.75, 3.05) is 19.6 Å². The third-order valence-electron chi connectivity index (χ3n) is 6.10. The van der Waals surface area contributed by atoms with Crippen LogP contribution in [0.5, 0.6) is 0 Å². The molecule has 1 saturated carbocycles. The summed E-state index contributed by atoms with van der Waals surface area (Å²) >= 11 is 0. The number of sulfone groups is 1. The molecule has 0 aliphatic heterocycles. The van der Waals surface area contributed by atoms with E-state index in [0.29, 0.717) is 25.8 Å². The molecule has 2 atom stereocenters. The quantitative estimate of drug-likeness (QED) is 0.533. The molecule has 0 aromatic heterocycles. The van der Waals surface area contributed by atoms with Crippen LogP contribution in [0.1, 0.15) is 77.8 Å². The van der Waals surface area contributed by atoms with Crippen LogP contribution >= 0.6 is 0 Å². The van der Waals surface area contributed by atoms with E-state index in [1.807, 2.05) is 24.3 Å². The van der Waals surface area contributed by atoms with Crippen molar-refractivity contribution in [3.63, 3.8) is 0 Å². The second kappa shape index (κ2) is 10.8. The first-order chi connectivity index (χ1) is 14.1. The fourth-order valence-corrected chi connectivity index (χ4v) is 6.12. The molecule has 5 nitrogen and oxygen atoms in total. The second-order valence-electron chi connectivity index (χ2n) is 9.38. The maximum atomic E-state index is 13.2. The summed E-state index contributed by atoms with van der Waals surface area (Å²) in [6.07, 6.45) is 2.74. The topological polar surface area (TPSA) is 63.7 Å². The molecule has 1 fully saturated rings. The number of esters is 1. The number of rotatable bonds is 9. The number of hydrogen-bond donors (Lipinski definition) is 0. The van der Waals surface area contributed by atoms with Crippen LogP contribution in [0.2, 0.25) is 0 Å². The number of ether oxygens (including phenoxy) is 1. The Bertz CT molecular complexity index is 776. The minimum absolute atomic E-state index is 0.00438. The van der Waals surface area contributed by atoms with Gasteiger partial charge in [0.1, 0.15) is 6.10 Å². The molecule has 0 N–H and O–H groups in total. The van der Waals surface area contributed by atoms with E-state index < -0.39 is 21.2 Å². The minimum Gasteiger partial charge on any atom is -0.461 e. The highest BCUT2D eigenvalue weighted by molar-refractivity contribution is 7.91. The molecule has 2 unspecified atom stereocenters. The minimum atomic E-state index is -3.41. The van der Waals surface area contributed by atoms with E-state index in [9.17, 15) is 13.2 Å². The third kappa shape index (κ3) is 7.09. The van der Waals surface area contributed by atoms with Gasteiger partial charge in [-0.1, -0.05) is 65.3 Å². The van der Waals surface area contributed by atoms with Gasteiger partial charge < -0.3 is 9.64 Å². The zero-order chi connectivity index (χ0) is 22.4. The Morgan fingerprint density at radius 1 is 1.07 bits per heavy atom. The summed E-state index contributed by atoms with van der Waals surface area (Å²) in [6, 6.07) is 7.84. The van der Waals surface area contributed by atoms with Crippen molar-refractivity contribution in [1.82, 2.24) is 4.90 Å². The van der Waals surface area contributed by atoms with E-state index in [2.05, 4.69) is 39.5 Å². The molecular formula is C24H39NO4S. The largest absolute Gasteiger partial charge is 0.461 e. The van der Waals surface area contributed by atoms with Crippen LogP contribution in [0.4, 0.5) is 0 Å². The lowest BCUT2D eigenvalue weighted by atomic mass is 9.87. The fourth-order valence-electron chi connectivity index (χ4n) is 4.07. The lowest BCUT2D eigenvalue weighted by Crippen LogP contribution is -2.41. The van der Waals surface area contributed by atoms with Gasteiger partial charge in [0, 0.05) is 6.54 Å². The van der Waals surface area contributed by atoms with Crippen molar-refractivity contribution < 1.29 is 17.9 Å². The molecular weight excluding hydrogens is 398 g/mol. The monoisotopic (exact) mass is 437 g/mol. The zero-order valence-electron chi connectivity index (χ0n) is 19.3. The molecule has 6 heteroatoms. The van der Waals surface area contributed by atoms with Crippen molar-refractivity contribution in [2.24, 2.45) is 0 Å². The van der Waals surface area contributed by atoms with Crippen molar-refractivity contribution in [3.05, 3.63) is 35.4 Å². The van der Waals surface area contributed by atoms with Crippen molar-refractivity contribution >= 4 is 15.8 Å². The molecule has 1 aromatic rings. The van der Waals surface area contributed by atoms with E-state index in [0.717, 1.165) is 31.5 Å². The number of hydrogen-bond acceptors (Lipinski definition) is 5. The maximum absolute atomic E-state index is 13.2. The van der Waals surface area contributed by atoms with Gasteiger partial charge in [-0.15, -0.1) is 0 Å². The standard InChI is InChI=1S/C24H39NO4S/c1-6-25(7-2)17-16-23(26)29-21-10-8-9-11-22(21)30(27,28)18-19-12-14-20(15-13-19)24(3,4)5/h12-15,21-22H,6-11,16-18H2,1-5H3. The molecule has 1 aliphatic rings. The first-order valence-electron chi connectivity index (χ1n) is 11.3. The normalized spacial score (nSPS) is 20.3. The van der Waals surface area contributed by atoms with Crippen LogP contribution in [-0.4, -0.2) is 50.3 Å². The zero-order valence-corrected chi connectivity index (χ0v) is 20.1. The molecule has 0 bridgehead atoms. The Labute approximate surface area is 183 Å². The van der Waals surface area contributed by atoms with E-state index in [4.69, 9.17) is 4.74 Å². The summed E-state index contributed by atoms with van der Waals surface area (Å²) in [5.41, 5.74) is 2.01. The summed E-state index contributed by atoms with van der Waals surface area (Å²) in [5, 5.41) is -0.606. The van der Waals surface area contributed by atoms with Gasteiger partial charge in [-0.25, -0.2) is 8.42 Å². The number of nitrogens with zero attached hydrogens (tertiary/aromatic N) is 1. The molecule has 0 radical (unpaired) electrons. The van der Waals surface area contributed by atoms with Gasteiger partial charge in [0.15, 0.2) is 9.84 Å². The Kier molecular flexibility index (Phi) is 8.92. The van der Waals surface area contributed by atoms with Crippen LogP contribution in [0, 0.1) is 0 Å². The molecule has 0 amide bonds.